The van der Waals surface area contributed by atoms with Crippen molar-refractivity contribution in [2.24, 2.45) is 0 Å². The summed E-state index contributed by atoms with van der Waals surface area (Å²) in [6.45, 7) is 0. The molecule has 0 unspecified atom stereocenters. The number of rotatable bonds is 3. The summed E-state index contributed by atoms with van der Waals surface area (Å²) in [6, 6.07) is 8.50. The highest BCUT2D eigenvalue weighted by Gasteiger charge is 2.47. The van der Waals surface area contributed by atoms with Crippen molar-refractivity contribution < 1.29 is 19.1 Å². The van der Waals surface area contributed by atoms with E-state index >= 15 is 0 Å². The fourth-order valence-corrected chi connectivity index (χ4v) is 3.25. The van der Waals surface area contributed by atoms with E-state index in [4.69, 9.17) is 15.9 Å². The molecule has 0 amide bonds. The van der Waals surface area contributed by atoms with Crippen LogP contribution < -0.4 is 0 Å². The normalized spacial score (nSPS) is 21.3. The number of cyclic esters (lactones) is 2. The van der Waals surface area contributed by atoms with E-state index in [-0.39, 0.29) is 5.57 Å². The van der Waals surface area contributed by atoms with Gasteiger partial charge in [0, 0.05) is 0 Å². The molecule has 1 aliphatic rings. The maximum absolute atomic E-state index is 12.2. The highest BCUT2D eigenvalue weighted by Crippen LogP contribution is 2.37. The van der Waals surface area contributed by atoms with Crippen LogP contribution in [0, 0.1) is 12.3 Å². The molecule has 1 aromatic carbocycles. The standard InChI is InChI=1S/C15H12O4S2/c1-4-15(10-8-6-5-7-9-10)18-12(16)11(13(17)19-15)14(20-2)21-3/h1,5-9H,2-3H3. The summed E-state index contributed by atoms with van der Waals surface area (Å²) in [5.41, 5.74) is 0.305. The van der Waals surface area contributed by atoms with Crippen LogP contribution in [0.25, 0.3) is 0 Å². The van der Waals surface area contributed by atoms with Crippen LogP contribution in [0.5, 0.6) is 0 Å². The number of esters is 2. The van der Waals surface area contributed by atoms with Crippen molar-refractivity contribution in [3.05, 3.63) is 45.7 Å². The molecule has 1 heterocycles. The van der Waals surface area contributed by atoms with Crippen LogP contribution in [0.2, 0.25) is 0 Å². The first-order valence-corrected chi connectivity index (χ1v) is 8.35. The van der Waals surface area contributed by atoms with Gasteiger partial charge in [0.2, 0.25) is 0 Å². The van der Waals surface area contributed by atoms with E-state index in [1.807, 2.05) is 0 Å². The minimum absolute atomic E-state index is 0.114. The van der Waals surface area contributed by atoms with Crippen molar-refractivity contribution in [1.82, 2.24) is 0 Å². The Morgan fingerprint density at radius 2 is 1.62 bits per heavy atom. The van der Waals surface area contributed by atoms with Crippen molar-refractivity contribution in [2.75, 3.05) is 12.5 Å². The zero-order chi connectivity index (χ0) is 15.5. The number of hydrogen-bond acceptors (Lipinski definition) is 6. The molecule has 21 heavy (non-hydrogen) atoms. The number of ether oxygens (including phenoxy) is 2. The molecule has 2 rings (SSSR count). The minimum Gasteiger partial charge on any atom is -0.403 e. The van der Waals surface area contributed by atoms with Crippen LogP contribution in [-0.2, 0) is 24.8 Å². The fraction of sp³-hybridized carbons (Fsp3) is 0.200. The molecule has 0 N–H and O–H groups in total. The SMILES string of the molecule is C#CC1(c2ccccc2)OC(=O)C(=C(SC)SC)C(=O)O1. The van der Waals surface area contributed by atoms with Gasteiger partial charge in [0.05, 0.1) is 9.80 Å². The topological polar surface area (TPSA) is 52.6 Å². The lowest BCUT2D eigenvalue weighted by molar-refractivity contribution is -0.219. The molecular formula is C15H12O4S2. The van der Waals surface area contributed by atoms with Gasteiger partial charge in [-0.3, -0.25) is 0 Å². The molecule has 0 bridgehead atoms. The third kappa shape index (κ3) is 2.80. The van der Waals surface area contributed by atoms with Gasteiger partial charge in [0.25, 0.3) is 0 Å². The second-order valence-corrected chi connectivity index (χ2v) is 5.87. The van der Waals surface area contributed by atoms with E-state index in [1.54, 1.807) is 42.8 Å². The molecule has 1 saturated heterocycles. The van der Waals surface area contributed by atoms with Crippen LogP contribution >= 0.6 is 23.5 Å². The Hall–Kier alpha value is -1.84. The van der Waals surface area contributed by atoms with E-state index in [0.717, 1.165) is 0 Å². The minimum atomic E-state index is -1.80. The van der Waals surface area contributed by atoms with Gasteiger partial charge in [-0.15, -0.1) is 29.9 Å². The molecule has 0 spiro atoms. The molecule has 0 radical (unpaired) electrons. The number of carbonyl (C=O) groups is 2. The van der Waals surface area contributed by atoms with E-state index in [0.29, 0.717) is 9.80 Å². The maximum atomic E-state index is 12.2. The molecule has 1 aliphatic heterocycles. The average molecular weight is 320 g/mol. The molecule has 4 nitrogen and oxygen atoms in total. The first-order chi connectivity index (χ1) is 10.1. The Kier molecular flexibility index (Phi) is 4.66. The monoisotopic (exact) mass is 320 g/mol. The van der Waals surface area contributed by atoms with Crippen LogP contribution in [-0.4, -0.2) is 24.5 Å². The Bertz CT molecular complexity index is 617. The molecular weight excluding hydrogens is 308 g/mol. The summed E-state index contributed by atoms with van der Waals surface area (Å²) in [7, 11) is 0. The lowest BCUT2D eigenvalue weighted by Gasteiger charge is -2.32. The third-order valence-electron chi connectivity index (χ3n) is 2.80. The summed E-state index contributed by atoms with van der Waals surface area (Å²) in [5.74, 6) is -1.08. The van der Waals surface area contributed by atoms with Gasteiger partial charge >= 0.3 is 17.7 Å². The van der Waals surface area contributed by atoms with Crippen LogP contribution in [0.15, 0.2) is 40.1 Å². The van der Waals surface area contributed by atoms with E-state index in [2.05, 4.69) is 5.92 Å². The summed E-state index contributed by atoms with van der Waals surface area (Å²) in [5, 5.41) is 0. The predicted molar refractivity (Wildman–Crippen MR) is 83.2 cm³/mol. The maximum Gasteiger partial charge on any atom is 0.351 e. The van der Waals surface area contributed by atoms with Gasteiger partial charge in [-0.25, -0.2) is 9.59 Å². The highest BCUT2D eigenvalue weighted by atomic mass is 32.2. The smallest absolute Gasteiger partial charge is 0.351 e. The summed E-state index contributed by atoms with van der Waals surface area (Å²) < 4.78 is 11.1. The lowest BCUT2D eigenvalue weighted by atomic mass is 10.0. The van der Waals surface area contributed by atoms with E-state index in [9.17, 15) is 9.59 Å². The van der Waals surface area contributed by atoms with Crippen molar-refractivity contribution in [3.63, 3.8) is 0 Å². The zero-order valence-electron chi connectivity index (χ0n) is 11.4. The van der Waals surface area contributed by atoms with Gasteiger partial charge in [-0.05, 0) is 18.4 Å². The van der Waals surface area contributed by atoms with Gasteiger partial charge in [-0.2, -0.15) is 0 Å². The van der Waals surface area contributed by atoms with Crippen molar-refractivity contribution >= 4 is 35.5 Å². The molecule has 1 fully saturated rings. The molecule has 0 atom stereocenters. The van der Waals surface area contributed by atoms with Crippen molar-refractivity contribution in [3.8, 4) is 12.3 Å². The van der Waals surface area contributed by atoms with Gasteiger partial charge in [-0.1, -0.05) is 30.3 Å². The van der Waals surface area contributed by atoms with Crippen LogP contribution in [0.3, 0.4) is 0 Å². The Morgan fingerprint density at radius 3 is 2.05 bits per heavy atom. The first kappa shape index (κ1) is 15.5. The number of thioether (sulfide) groups is 2. The number of terminal acetylenes is 1. The largest absolute Gasteiger partial charge is 0.403 e. The van der Waals surface area contributed by atoms with Crippen LogP contribution in [0.4, 0.5) is 0 Å². The number of benzene rings is 1. The number of hydrogen-bond donors (Lipinski definition) is 0. The van der Waals surface area contributed by atoms with Gasteiger partial charge in [0.1, 0.15) is 0 Å². The summed E-state index contributed by atoms with van der Waals surface area (Å²) >= 11 is 2.55. The average Bonchev–Trinajstić information content (AvgIpc) is 2.51. The molecule has 0 aromatic heterocycles. The van der Waals surface area contributed by atoms with E-state index in [1.165, 1.54) is 23.5 Å². The molecule has 1 aromatic rings. The predicted octanol–water partition coefficient (Wildman–Crippen LogP) is 2.51. The lowest BCUT2D eigenvalue weighted by Crippen LogP contribution is -2.43. The summed E-state index contributed by atoms with van der Waals surface area (Å²) in [6.07, 6.45) is 8.98. The second kappa shape index (κ2) is 6.29. The first-order valence-electron chi connectivity index (χ1n) is 5.90. The Labute approximate surface area is 131 Å². The third-order valence-corrected chi connectivity index (χ3v) is 4.95. The van der Waals surface area contributed by atoms with Crippen LogP contribution in [0.1, 0.15) is 5.56 Å². The van der Waals surface area contributed by atoms with Crippen molar-refractivity contribution in [2.45, 2.75) is 5.79 Å². The Morgan fingerprint density at radius 1 is 1.10 bits per heavy atom. The van der Waals surface area contributed by atoms with Gasteiger partial charge in [0.15, 0.2) is 5.57 Å². The molecule has 6 heteroatoms. The zero-order valence-corrected chi connectivity index (χ0v) is 13.0. The molecule has 0 aliphatic carbocycles. The Balaban J connectivity index is 2.47. The fourth-order valence-electron chi connectivity index (χ4n) is 1.84. The number of carbonyl (C=O) groups excluding carboxylic acids is 2. The molecule has 108 valence electrons. The quantitative estimate of drug-likeness (QED) is 0.369. The van der Waals surface area contributed by atoms with Gasteiger partial charge < -0.3 is 9.47 Å². The molecule has 0 saturated carbocycles. The van der Waals surface area contributed by atoms with E-state index < -0.39 is 17.7 Å². The second-order valence-electron chi connectivity index (χ2n) is 3.98. The highest BCUT2D eigenvalue weighted by molar-refractivity contribution is 8.21. The van der Waals surface area contributed by atoms with Crippen molar-refractivity contribution in [1.29, 1.82) is 0 Å². The summed E-state index contributed by atoms with van der Waals surface area (Å²) in [4.78, 5) is 24.4.